The largest absolute Gasteiger partial charge is 0.497 e. The van der Waals surface area contributed by atoms with Crippen LogP contribution in [0.2, 0.25) is 0 Å². The fourth-order valence-electron chi connectivity index (χ4n) is 2.60. The second-order valence-electron chi connectivity index (χ2n) is 5.82. The molecule has 0 amide bonds. The van der Waals surface area contributed by atoms with Gasteiger partial charge in [0.05, 0.1) is 24.8 Å². The van der Waals surface area contributed by atoms with E-state index in [1.807, 2.05) is 67.1 Å². The maximum atomic E-state index is 6.10. The van der Waals surface area contributed by atoms with Gasteiger partial charge in [-0.05, 0) is 25.5 Å². The van der Waals surface area contributed by atoms with Crippen LogP contribution in [0.25, 0.3) is 5.69 Å². The molecule has 26 heavy (non-hydrogen) atoms. The molecular formula is C21H21N3O2. The molecule has 0 saturated heterocycles. The number of aromatic nitrogens is 2. The summed E-state index contributed by atoms with van der Waals surface area (Å²) in [6.45, 7) is 7.66. The molecule has 0 aliphatic rings. The van der Waals surface area contributed by atoms with Crippen LogP contribution in [-0.4, -0.2) is 22.6 Å². The molecule has 0 unspecified atom stereocenters. The lowest BCUT2D eigenvalue weighted by Crippen LogP contribution is -2.12. The predicted molar refractivity (Wildman–Crippen MR) is 103 cm³/mol. The molecule has 1 heterocycles. The van der Waals surface area contributed by atoms with E-state index in [0.29, 0.717) is 17.4 Å². The third-order valence-corrected chi connectivity index (χ3v) is 3.91. The first-order chi connectivity index (χ1) is 12.6. The number of imidazole rings is 1. The van der Waals surface area contributed by atoms with Gasteiger partial charge in [-0.1, -0.05) is 24.8 Å². The van der Waals surface area contributed by atoms with Gasteiger partial charge in [-0.15, -0.1) is 0 Å². The van der Waals surface area contributed by atoms with E-state index in [4.69, 9.17) is 9.47 Å². The first kappa shape index (κ1) is 17.5. The summed E-state index contributed by atoms with van der Waals surface area (Å²) in [5.74, 6) is 1.79. The number of aryl methyl sites for hydroxylation is 2. The Kier molecular flexibility index (Phi) is 5.17. The first-order valence-electron chi connectivity index (χ1n) is 8.23. The van der Waals surface area contributed by atoms with Gasteiger partial charge >= 0.3 is 0 Å². The molecule has 0 bridgehead atoms. The molecule has 5 nitrogen and oxygen atoms in total. The van der Waals surface area contributed by atoms with Crippen molar-refractivity contribution in [3.05, 3.63) is 84.6 Å². The highest BCUT2D eigenvalue weighted by Gasteiger charge is 2.11. The summed E-state index contributed by atoms with van der Waals surface area (Å²) in [4.78, 5) is 8.58. The minimum atomic E-state index is 0.485. The fourth-order valence-corrected chi connectivity index (χ4v) is 2.60. The van der Waals surface area contributed by atoms with E-state index in [2.05, 4.69) is 16.6 Å². The van der Waals surface area contributed by atoms with Gasteiger partial charge in [0.15, 0.2) is 0 Å². The molecule has 0 fully saturated rings. The lowest BCUT2D eigenvalue weighted by Gasteiger charge is -2.13. The molecule has 0 radical (unpaired) electrons. The molecule has 1 aromatic heterocycles. The molecule has 0 spiro atoms. The Balaban J connectivity index is 2.01. The normalized spacial score (nSPS) is 11.3. The highest BCUT2D eigenvalue weighted by molar-refractivity contribution is 5.97. The number of nitrogens with zero attached hydrogens (tertiary/aromatic N) is 3. The van der Waals surface area contributed by atoms with Crippen LogP contribution in [-0.2, 0) is 0 Å². The van der Waals surface area contributed by atoms with Gasteiger partial charge in [0, 0.05) is 36.2 Å². The first-order valence-corrected chi connectivity index (χ1v) is 8.23. The molecule has 5 heteroatoms. The van der Waals surface area contributed by atoms with E-state index in [0.717, 1.165) is 22.5 Å². The number of hydrogen-bond donors (Lipinski definition) is 0. The number of ether oxygens (including phenoxy) is 2. The van der Waals surface area contributed by atoms with Crippen LogP contribution in [0, 0.1) is 13.8 Å². The number of rotatable bonds is 5. The quantitative estimate of drug-likeness (QED) is 0.505. The Morgan fingerprint density at radius 3 is 2.58 bits per heavy atom. The molecule has 0 N–H and O–H groups in total. The van der Waals surface area contributed by atoms with E-state index >= 15 is 0 Å². The zero-order valence-electron chi connectivity index (χ0n) is 15.1. The van der Waals surface area contributed by atoms with Crippen molar-refractivity contribution in [1.82, 2.24) is 9.55 Å². The van der Waals surface area contributed by atoms with E-state index in [-0.39, 0.29) is 0 Å². The third-order valence-electron chi connectivity index (χ3n) is 3.91. The number of benzene rings is 2. The van der Waals surface area contributed by atoms with Crippen LogP contribution in [0.1, 0.15) is 16.8 Å². The van der Waals surface area contributed by atoms with Crippen molar-refractivity contribution < 1.29 is 9.47 Å². The fraction of sp³-hybridized carbons (Fsp3) is 0.143. The summed E-state index contributed by atoms with van der Waals surface area (Å²) in [5.41, 5.74) is 3.81. The van der Waals surface area contributed by atoms with E-state index in [1.165, 1.54) is 6.20 Å². The van der Waals surface area contributed by atoms with Crippen molar-refractivity contribution in [1.29, 1.82) is 0 Å². The molecule has 132 valence electrons. The number of methoxy groups -OCH3 is 1. The second-order valence-corrected chi connectivity index (χ2v) is 5.82. The van der Waals surface area contributed by atoms with Crippen LogP contribution in [0.4, 0.5) is 0 Å². The Bertz CT molecular complexity index is 957. The lowest BCUT2D eigenvalue weighted by molar-refractivity contribution is 0.411. The standard InChI is InChI=1S/C21H21N3O2/c1-5-22-21(20-9-7-6-8-15(20)2)26-19-11-17(10-18(12-19)25-4)24-13-16(3)23-14-24/h5-14H,1H2,2-4H3. The molecule has 0 saturated carbocycles. The molecule has 0 atom stereocenters. The lowest BCUT2D eigenvalue weighted by atomic mass is 10.1. The van der Waals surface area contributed by atoms with Gasteiger partial charge < -0.3 is 14.0 Å². The summed E-state index contributed by atoms with van der Waals surface area (Å²) in [7, 11) is 1.63. The smallest absolute Gasteiger partial charge is 0.226 e. The molecule has 2 aromatic carbocycles. The predicted octanol–water partition coefficient (Wildman–Crippen LogP) is 4.47. The van der Waals surface area contributed by atoms with Gasteiger partial charge in [0.2, 0.25) is 5.90 Å². The van der Waals surface area contributed by atoms with Crippen molar-refractivity contribution in [3.63, 3.8) is 0 Å². The van der Waals surface area contributed by atoms with Crippen LogP contribution >= 0.6 is 0 Å². The Morgan fingerprint density at radius 1 is 1.15 bits per heavy atom. The third kappa shape index (κ3) is 3.83. The maximum absolute atomic E-state index is 6.10. The highest BCUT2D eigenvalue weighted by Crippen LogP contribution is 2.26. The van der Waals surface area contributed by atoms with Crippen molar-refractivity contribution in [2.75, 3.05) is 7.11 Å². The zero-order valence-corrected chi connectivity index (χ0v) is 15.1. The molecule has 3 aromatic rings. The average Bonchev–Trinajstić information content (AvgIpc) is 3.08. The van der Waals surface area contributed by atoms with Gasteiger partial charge in [-0.3, -0.25) is 0 Å². The van der Waals surface area contributed by atoms with E-state index < -0.39 is 0 Å². The highest BCUT2D eigenvalue weighted by atomic mass is 16.5. The van der Waals surface area contributed by atoms with Crippen LogP contribution < -0.4 is 9.47 Å². The SMILES string of the molecule is C=CN=C(Oc1cc(OC)cc(-n2cnc(C)c2)c1)c1ccccc1C. The second kappa shape index (κ2) is 7.70. The number of hydrogen-bond acceptors (Lipinski definition) is 4. The minimum absolute atomic E-state index is 0.485. The topological polar surface area (TPSA) is 48.6 Å². The van der Waals surface area contributed by atoms with Crippen LogP contribution in [0.15, 0.2) is 72.8 Å². The van der Waals surface area contributed by atoms with Gasteiger partial charge in [-0.2, -0.15) is 0 Å². The minimum Gasteiger partial charge on any atom is -0.497 e. The van der Waals surface area contributed by atoms with Gasteiger partial charge in [-0.25, -0.2) is 9.98 Å². The summed E-state index contributed by atoms with van der Waals surface area (Å²) in [5, 5.41) is 0. The molecular weight excluding hydrogens is 326 g/mol. The maximum Gasteiger partial charge on any atom is 0.226 e. The summed E-state index contributed by atoms with van der Waals surface area (Å²) in [6, 6.07) is 13.6. The Labute approximate surface area is 153 Å². The van der Waals surface area contributed by atoms with Crippen molar-refractivity contribution in [3.8, 4) is 17.2 Å². The van der Waals surface area contributed by atoms with Crippen molar-refractivity contribution in [2.24, 2.45) is 4.99 Å². The Morgan fingerprint density at radius 2 is 1.92 bits per heavy atom. The van der Waals surface area contributed by atoms with E-state index in [9.17, 15) is 0 Å². The van der Waals surface area contributed by atoms with Gasteiger partial charge in [0.25, 0.3) is 0 Å². The summed E-state index contributed by atoms with van der Waals surface area (Å²) >= 11 is 0. The summed E-state index contributed by atoms with van der Waals surface area (Å²) < 4.78 is 13.4. The Hall–Kier alpha value is -3.34. The molecule has 3 rings (SSSR count). The molecule has 0 aliphatic heterocycles. The number of aliphatic imine (C=N–C) groups is 1. The molecule has 0 aliphatic carbocycles. The van der Waals surface area contributed by atoms with E-state index in [1.54, 1.807) is 13.4 Å². The van der Waals surface area contributed by atoms with Gasteiger partial charge in [0.1, 0.15) is 11.5 Å². The monoisotopic (exact) mass is 347 g/mol. The van der Waals surface area contributed by atoms with Crippen LogP contribution in [0.5, 0.6) is 11.5 Å². The van der Waals surface area contributed by atoms with Crippen LogP contribution in [0.3, 0.4) is 0 Å². The summed E-state index contributed by atoms with van der Waals surface area (Å²) in [6.07, 6.45) is 5.18. The zero-order chi connectivity index (χ0) is 18.5. The van der Waals surface area contributed by atoms with Crippen molar-refractivity contribution in [2.45, 2.75) is 13.8 Å². The van der Waals surface area contributed by atoms with Crippen molar-refractivity contribution >= 4 is 5.90 Å². The average molecular weight is 347 g/mol.